The molecule has 1 aromatic carbocycles. The Morgan fingerprint density at radius 1 is 1.17 bits per heavy atom. The number of anilines is 1. The molecule has 0 saturated heterocycles. The van der Waals surface area contributed by atoms with Crippen molar-refractivity contribution in [2.45, 2.75) is 18.1 Å². The van der Waals surface area contributed by atoms with Crippen molar-refractivity contribution < 1.29 is 9.47 Å². The zero-order valence-corrected chi connectivity index (χ0v) is 14.4. The molecule has 0 saturated carbocycles. The summed E-state index contributed by atoms with van der Waals surface area (Å²) in [6.45, 7) is 1.17. The Morgan fingerprint density at radius 2 is 1.87 bits per heavy atom. The number of thioether (sulfide) groups is 1. The van der Waals surface area contributed by atoms with Crippen LogP contribution in [-0.2, 0) is 13.0 Å². The van der Waals surface area contributed by atoms with Crippen molar-refractivity contribution in [2.24, 2.45) is 5.73 Å². The highest BCUT2D eigenvalue weighted by atomic mass is 32.2. The average Bonchev–Trinajstić information content (AvgIpc) is 2.60. The summed E-state index contributed by atoms with van der Waals surface area (Å²) in [7, 11) is 3.26. The van der Waals surface area contributed by atoms with E-state index >= 15 is 0 Å². The molecule has 124 valence electrons. The summed E-state index contributed by atoms with van der Waals surface area (Å²) in [6.07, 6.45) is 4.55. The fourth-order valence-electron chi connectivity index (χ4n) is 2.13. The van der Waals surface area contributed by atoms with Gasteiger partial charge in [-0.25, -0.2) is 9.97 Å². The van der Waals surface area contributed by atoms with Crippen LogP contribution in [0.3, 0.4) is 0 Å². The average molecular weight is 334 g/mol. The second kappa shape index (κ2) is 8.59. The molecular weight excluding hydrogens is 312 g/mol. The number of nitrogens with one attached hydrogen (secondary N) is 1. The minimum atomic E-state index is 0.560. The summed E-state index contributed by atoms with van der Waals surface area (Å²) in [5.41, 5.74) is 8.61. The van der Waals surface area contributed by atoms with Gasteiger partial charge in [0, 0.05) is 48.6 Å². The lowest BCUT2D eigenvalue weighted by Crippen LogP contribution is -2.11. The third kappa shape index (κ3) is 4.74. The predicted molar refractivity (Wildman–Crippen MR) is 93.4 cm³/mol. The number of aromatic nitrogens is 2. The summed E-state index contributed by atoms with van der Waals surface area (Å²) in [6, 6.07) is 5.67. The number of hydrogen-bond donors (Lipinski definition) is 2. The van der Waals surface area contributed by atoms with Crippen molar-refractivity contribution in [1.82, 2.24) is 9.97 Å². The number of nitrogens with two attached hydrogens (primary N) is 1. The lowest BCUT2D eigenvalue weighted by molar-refractivity contribution is 0.394. The highest BCUT2D eigenvalue weighted by Crippen LogP contribution is 2.26. The second-order valence-corrected chi connectivity index (χ2v) is 5.60. The minimum absolute atomic E-state index is 0.560. The van der Waals surface area contributed by atoms with Crippen LogP contribution in [0, 0.1) is 0 Å². The van der Waals surface area contributed by atoms with Crippen LogP contribution in [0.1, 0.15) is 11.3 Å². The SMILES string of the molecule is COc1cc(NCc2cnc(SC)nc2CCN)cc(OC)c1. The molecule has 0 atom stereocenters. The Labute approximate surface area is 140 Å². The summed E-state index contributed by atoms with van der Waals surface area (Å²) in [5.74, 6) is 1.48. The molecule has 0 unspecified atom stereocenters. The normalized spacial score (nSPS) is 10.4. The third-order valence-electron chi connectivity index (χ3n) is 3.33. The van der Waals surface area contributed by atoms with Crippen LogP contribution in [0.15, 0.2) is 29.6 Å². The van der Waals surface area contributed by atoms with Crippen LogP contribution >= 0.6 is 11.8 Å². The van der Waals surface area contributed by atoms with Crippen LogP contribution in [0.2, 0.25) is 0 Å². The summed E-state index contributed by atoms with van der Waals surface area (Å²) in [4.78, 5) is 8.88. The molecule has 0 radical (unpaired) electrons. The minimum Gasteiger partial charge on any atom is -0.497 e. The highest BCUT2D eigenvalue weighted by Gasteiger charge is 2.08. The van der Waals surface area contributed by atoms with Crippen molar-refractivity contribution in [3.8, 4) is 11.5 Å². The predicted octanol–water partition coefficient (Wildman–Crippen LogP) is 2.33. The van der Waals surface area contributed by atoms with E-state index in [-0.39, 0.29) is 0 Å². The van der Waals surface area contributed by atoms with Gasteiger partial charge in [-0.3, -0.25) is 0 Å². The Hall–Kier alpha value is -1.99. The van der Waals surface area contributed by atoms with Crippen molar-refractivity contribution >= 4 is 17.4 Å². The van der Waals surface area contributed by atoms with E-state index in [1.54, 1.807) is 14.2 Å². The van der Waals surface area contributed by atoms with Crippen LogP contribution in [0.5, 0.6) is 11.5 Å². The van der Waals surface area contributed by atoms with Gasteiger partial charge >= 0.3 is 0 Å². The number of nitrogens with zero attached hydrogens (tertiary/aromatic N) is 2. The lowest BCUT2D eigenvalue weighted by Gasteiger charge is -2.13. The van der Waals surface area contributed by atoms with Crippen LogP contribution < -0.4 is 20.5 Å². The first-order valence-electron chi connectivity index (χ1n) is 7.26. The summed E-state index contributed by atoms with van der Waals surface area (Å²) < 4.78 is 10.6. The van der Waals surface area contributed by atoms with Gasteiger partial charge in [-0.2, -0.15) is 0 Å². The topological polar surface area (TPSA) is 82.3 Å². The fourth-order valence-corrected chi connectivity index (χ4v) is 2.49. The molecule has 7 heteroatoms. The van der Waals surface area contributed by atoms with E-state index in [0.717, 1.165) is 40.0 Å². The van der Waals surface area contributed by atoms with E-state index in [0.29, 0.717) is 13.1 Å². The smallest absolute Gasteiger partial charge is 0.187 e. The van der Waals surface area contributed by atoms with Gasteiger partial charge in [0.05, 0.1) is 19.9 Å². The molecule has 23 heavy (non-hydrogen) atoms. The van der Waals surface area contributed by atoms with Crippen molar-refractivity contribution in [3.63, 3.8) is 0 Å². The van der Waals surface area contributed by atoms with Gasteiger partial charge in [-0.05, 0) is 12.8 Å². The monoisotopic (exact) mass is 334 g/mol. The first-order chi connectivity index (χ1) is 11.2. The van der Waals surface area contributed by atoms with Crippen molar-refractivity contribution in [2.75, 3.05) is 32.3 Å². The van der Waals surface area contributed by atoms with Gasteiger partial charge in [0.1, 0.15) is 11.5 Å². The molecule has 3 N–H and O–H groups in total. The molecule has 0 amide bonds. The van der Waals surface area contributed by atoms with Gasteiger partial charge in [-0.15, -0.1) is 0 Å². The second-order valence-electron chi connectivity index (χ2n) is 4.82. The molecule has 1 aromatic heterocycles. The first kappa shape index (κ1) is 17.4. The van der Waals surface area contributed by atoms with Crippen molar-refractivity contribution in [3.05, 3.63) is 35.7 Å². The molecule has 0 bridgehead atoms. The van der Waals surface area contributed by atoms with Crippen molar-refractivity contribution in [1.29, 1.82) is 0 Å². The van der Waals surface area contributed by atoms with Gasteiger partial charge < -0.3 is 20.5 Å². The Kier molecular flexibility index (Phi) is 6.49. The zero-order chi connectivity index (χ0) is 16.7. The molecule has 2 rings (SSSR count). The Bertz CT molecular complexity index is 630. The molecule has 0 aliphatic heterocycles. The van der Waals surface area contributed by atoms with E-state index in [1.165, 1.54) is 11.8 Å². The van der Waals surface area contributed by atoms with E-state index in [1.807, 2.05) is 30.7 Å². The van der Waals surface area contributed by atoms with Crippen LogP contribution in [0.25, 0.3) is 0 Å². The maximum atomic E-state index is 5.68. The highest BCUT2D eigenvalue weighted by molar-refractivity contribution is 7.98. The largest absolute Gasteiger partial charge is 0.497 e. The third-order valence-corrected chi connectivity index (χ3v) is 3.89. The number of methoxy groups -OCH3 is 2. The van der Waals surface area contributed by atoms with Crippen LogP contribution in [-0.4, -0.2) is 37.0 Å². The Morgan fingerprint density at radius 3 is 2.43 bits per heavy atom. The maximum absolute atomic E-state index is 5.68. The first-order valence-corrected chi connectivity index (χ1v) is 8.48. The summed E-state index contributed by atoms with van der Waals surface area (Å²) >= 11 is 1.53. The molecule has 1 heterocycles. The molecule has 2 aromatic rings. The standard InChI is InChI=1S/C16H22N4O2S/c1-21-13-6-12(7-14(8-13)22-2)18-9-11-10-19-16(23-3)20-15(11)4-5-17/h6-8,10,18H,4-5,9,17H2,1-3H3. The molecule has 0 aliphatic carbocycles. The van der Waals surface area contributed by atoms with E-state index in [4.69, 9.17) is 15.2 Å². The number of hydrogen-bond acceptors (Lipinski definition) is 7. The fraction of sp³-hybridized carbons (Fsp3) is 0.375. The molecule has 0 fully saturated rings. The van der Waals surface area contributed by atoms with E-state index < -0.39 is 0 Å². The zero-order valence-electron chi connectivity index (χ0n) is 13.6. The van der Waals surface area contributed by atoms with Crippen LogP contribution in [0.4, 0.5) is 5.69 Å². The van der Waals surface area contributed by atoms with Gasteiger partial charge in [0.15, 0.2) is 5.16 Å². The summed E-state index contributed by atoms with van der Waals surface area (Å²) in [5, 5.41) is 4.12. The Balaban J connectivity index is 2.17. The van der Waals surface area contributed by atoms with Gasteiger partial charge in [-0.1, -0.05) is 11.8 Å². The molecular formula is C16H22N4O2S. The lowest BCUT2D eigenvalue weighted by atomic mass is 10.1. The number of ether oxygens (including phenoxy) is 2. The number of rotatable bonds is 8. The van der Waals surface area contributed by atoms with Gasteiger partial charge in [0.25, 0.3) is 0 Å². The van der Waals surface area contributed by atoms with E-state index in [2.05, 4.69) is 15.3 Å². The maximum Gasteiger partial charge on any atom is 0.187 e. The van der Waals surface area contributed by atoms with Gasteiger partial charge in [0.2, 0.25) is 0 Å². The molecule has 6 nitrogen and oxygen atoms in total. The number of benzene rings is 1. The molecule has 0 aliphatic rings. The quantitative estimate of drug-likeness (QED) is 0.566. The molecule has 0 spiro atoms. The van der Waals surface area contributed by atoms with E-state index in [9.17, 15) is 0 Å².